The van der Waals surface area contributed by atoms with Gasteiger partial charge >= 0.3 is 0 Å². The maximum Gasteiger partial charge on any atom is 0.0726 e. The number of nitrogens with zero attached hydrogens (tertiary/aromatic N) is 1. The molecule has 1 nitrogen and oxygen atoms in total. The van der Waals surface area contributed by atoms with Crippen LogP contribution in [0, 0.1) is 0 Å². The highest BCUT2D eigenvalue weighted by molar-refractivity contribution is 6.07. The van der Waals surface area contributed by atoms with Gasteiger partial charge in [0.05, 0.1) is 16.8 Å². The fraction of sp³-hybridized carbons (Fsp3) is 0.0645. The van der Waals surface area contributed by atoms with Gasteiger partial charge in [0.15, 0.2) is 0 Å². The van der Waals surface area contributed by atoms with E-state index in [1.165, 1.54) is 105 Å². The topological polar surface area (TPSA) is 3.24 Å². The first-order chi connectivity index (χ1) is 31.0. The summed E-state index contributed by atoms with van der Waals surface area (Å²) in [6, 6.07) is 84.1. The standard InChI is InChI=1S/C62H43N/c1-61(2)50-29-14-12-26-48(50)60-53(61)32-18-34-57(60)63(56-33-17-28-44(40-19-5-3-6-20-40)58(56)42-22-7-4-8-23-42)43-36-37-47-46-25-11-15-30-51(46)62(55(47)39-43)52-31-16-13-27-49(52)59-45-24-10-9-21-41(45)35-38-54(59)62/h3-39H,1-2H3. The number of fused-ring (bicyclic) bond motifs is 15. The van der Waals surface area contributed by atoms with Crippen molar-refractivity contribution in [3.05, 3.63) is 258 Å². The quantitative estimate of drug-likeness (QED) is 0.168. The van der Waals surface area contributed by atoms with E-state index < -0.39 is 5.41 Å². The summed E-state index contributed by atoms with van der Waals surface area (Å²) in [5, 5.41) is 2.57. The molecule has 1 spiro atoms. The highest BCUT2D eigenvalue weighted by Crippen LogP contribution is 2.65. The van der Waals surface area contributed by atoms with Crippen LogP contribution in [0.1, 0.15) is 47.2 Å². The van der Waals surface area contributed by atoms with E-state index >= 15 is 0 Å². The summed E-state index contributed by atoms with van der Waals surface area (Å²) in [6.45, 7) is 4.76. The number of hydrogen-bond acceptors (Lipinski definition) is 1. The van der Waals surface area contributed by atoms with Crippen molar-refractivity contribution < 1.29 is 0 Å². The lowest BCUT2D eigenvalue weighted by molar-refractivity contribution is 0.660. The molecule has 0 bridgehead atoms. The normalized spacial score (nSPS) is 15.7. The van der Waals surface area contributed by atoms with Gasteiger partial charge in [-0.25, -0.2) is 0 Å². The van der Waals surface area contributed by atoms with Gasteiger partial charge in [-0.2, -0.15) is 0 Å². The van der Waals surface area contributed by atoms with Gasteiger partial charge in [0, 0.05) is 22.2 Å². The summed E-state index contributed by atoms with van der Waals surface area (Å²) in [5.74, 6) is 0. The second kappa shape index (κ2) is 13.4. The van der Waals surface area contributed by atoms with Crippen LogP contribution in [-0.4, -0.2) is 0 Å². The van der Waals surface area contributed by atoms with Crippen LogP contribution < -0.4 is 4.90 Å². The average Bonchev–Trinajstić information content (AvgIpc) is 3.91. The molecule has 10 aromatic carbocycles. The highest BCUT2D eigenvalue weighted by Gasteiger charge is 2.52. The van der Waals surface area contributed by atoms with Gasteiger partial charge in [0.1, 0.15) is 0 Å². The summed E-state index contributed by atoms with van der Waals surface area (Å²) in [7, 11) is 0. The van der Waals surface area contributed by atoms with E-state index in [0.717, 1.165) is 11.4 Å². The zero-order valence-electron chi connectivity index (χ0n) is 35.3. The highest BCUT2D eigenvalue weighted by atomic mass is 15.1. The van der Waals surface area contributed by atoms with Gasteiger partial charge in [-0.1, -0.05) is 214 Å². The minimum absolute atomic E-state index is 0.161. The fourth-order valence-corrected chi connectivity index (χ4v) is 11.9. The summed E-state index contributed by atoms with van der Waals surface area (Å²) >= 11 is 0. The Bertz CT molecular complexity index is 3490. The first-order valence-electron chi connectivity index (χ1n) is 22.2. The maximum atomic E-state index is 2.59. The van der Waals surface area contributed by atoms with E-state index in [9.17, 15) is 0 Å². The van der Waals surface area contributed by atoms with E-state index in [0.29, 0.717) is 0 Å². The first-order valence-corrected chi connectivity index (χ1v) is 22.2. The van der Waals surface area contributed by atoms with Crippen molar-refractivity contribution in [2.24, 2.45) is 0 Å². The minimum atomic E-state index is -0.509. The van der Waals surface area contributed by atoms with Gasteiger partial charge in [0.25, 0.3) is 0 Å². The largest absolute Gasteiger partial charge is 0.309 e. The molecule has 0 saturated carbocycles. The van der Waals surface area contributed by atoms with Crippen LogP contribution >= 0.6 is 0 Å². The average molecular weight is 802 g/mol. The molecular formula is C62H43N. The summed E-state index contributed by atoms with van der Waals surface area (Å²) in [4.78, 5) is 2.59. The molecule has 13 rings (SSSR count). The van der Waals surface area contributed by atoms with Gasteiger partial charge in [-0.05, 0) is 113 Å². The van der Waals surface area contributed by atoms with Crippen molar-refractivity contribution in [3.63, 3.8) is 0 Å². The molecule has 1 heteroatoms. The van der Waals surface area contributed by atoms with Gasteiger partial charge in [-0.15, -0.1) is 0 Å². The number of rotatable bonds is 5. The van der Waals surface area contributed by atoms with E-state index in [2.05, 4.69) is 243 Å². The van der Waals surface area contributed by atoms with Crippen molar-refractivity contribution in [3.8, 4) is 55.6 Å². The van der Waals surface area contributed by atoms with Crippen molar-refractivity contribution in [1.82, 2.24) is 0 Å². The summed E-state index contributed by atoms with van der Waals surface area (Å²) in [6.07, 6.45) is 0. The molecule has 0 fully saturated rings. The van der Waals surface area contributed by atoms with Crippen LogP contribution in [0.3, 0.4) is 0 Å². The molecule has 1 unspecified atom stereocenters. The lowest BCUT2D eigenvalue weighted by Crippen LogP contribution is -2.26. The van der Waals surface area contributed by atoms with E-state index in [4.69, 9.17) is 0 Å². The molecule has 1 atom stereocenters. The van der Waals surface area contributed by atoms with Crippen molar-refractivity contribution in [2.45, 2.75) is 24.7 Å². The van der Waals surface area contributed by atoms with E-state index in [1.807, 2.05) is 0 Å². The Kier molecular flexibility index (Phi) is 7.64. The third-order valence-electron chi connectivity index (χ3n) is 14.5. The first kappa shape index (κ1) is 36.0. The smallest absolute Gasteiger partial charge is 0.0726 e. The minimum Gasteiger partial charge on any atom is -0.309 e. The molecule has 0 saturated heterocycles. The Labute approximate surface area is 369 Å². The molecule has 0 N–H and O–H groups in total. The van der Waals surface area contributed by atoms with E-state index in [1.54, 1.807) is 0 Å². The molecule has 0 aliphatic heterocycles. The third-order valence-corrected chi connectivity index (χ3v) is 14.5. The van der Waals surface area contributed by atoms with Crippen LogP contribution in [0.25, 0.3) is 66.4 Å². The monoisotopic (exact) mass is 801 g/mol. The number of benzene rings is 10. The van der Waals surface area contributed by atoms with Gasteiger partial charge in [-0.3, -0.25) is 0 Å². The zero-order chi connectivity index (χ0) is 41.9. The molecule has 0 amide bonds. The maximum absolute atomic E-state index is 2.59. The molecular weight excluding hydrogens is 759 g/mol. The predicted octanol–water partition coefficient (Wildman–Crippen LogP) is 16.3. The Balaban J connectivity index is 1.15. The number of anilines is 3. The van der Waals surface area contributed by atoms with Gasteiger partial charge in [0.2, 0.25) is 0 Å². The Morgan fingerprint density at radius 2 is 0.857 bits per heavy atom. The lowest BCUT2D eigenvalue weighted by atomic mass is 9.70. The molecule has 0 radical (unpaired) electrons. The summed E-state index contributed by atoms with van der Waals surface area (Å²) in [5.41, 5.74) is 23.5. The fourth-order valence-electron chi connectivity index (χ4n) is 11.9. The third kappa shape index (κ3) is 4.88. The van der Waals surface area contributed by atoms with Gasteiger partial charge < -0.3 is 4.90 Å². The van der Waals surface area contributed by atoms with Crippen LogP contribution in [0.5, 0.6) is 0 Å². The Morgan fingerprint density at radius 1 is 0.317 bits per heavy atom. The molecule has 3 aliphatic carbocycles. The SMILES string of the molecule is CC1(C)c2ccccc2-c2c(N(c3ccc4c(c3)C3(c5ccccc5-4)c4ccccc4-c4c3ccc3ccccc43)c3cccc(-c4ccccc4)c3-c3ccccc3)cccc21. The van der Waals surface area contributed by atoms with Crippen molar-refractivity contribution in [2.75, 3.05) is 4.90 Å². The van der Waals surface area contributed by atoms with Crippen LogP contribution in [0.15, 0.2) is 224 Å². The molecule has 63 heavy (non-hydrogen) atoms. The Morgan fingerprint density at radius 3 is 1.62 bits per heavy atom. The number of hydrogen-bond donors (Lipinski definition) is 0. The molecule has 3 aliphatic rings. The molecule has 10 aromatic rings. The molecule has 0 heterocycles. The van der Waals surface area contributed by atoms with Crippen molar-refractivity contribution >= 4 is 27.8 Å². The summed E-state index contributed by atoms with van der Waals surface area (Å²) < 4.78 is 0. The lowest BCUT2D eigenvalue weighted by Gasteiger charge is -2.34. The van der Waals surface area contributed by atoms with Crippen LogP contribution in [-0.2, 0) is 10.8 Å². The predicted molar refractivity (Wildman–Crippen MR) is 263 cm³/mol. The van der Waals surface area contributed by atoms with Crippen molar-refractivity contribution in [1.29, 1.82) is 0 Å². The Hall–Kier alpha value is -7.74. The molecule has 296 valence electrons. The van der Waals surface area contributed by atoms with E-state index in [-0.39, 0.29) is 5.41 Å². The van der Waals surface area contributed by atoms with Crippen LogP contribution in [0.2, 0.25) is 0 Å². The molecule has 0 aromatic heterocycles. The zero-order valence-corrected chi connectivity index (χ0v) is 35.3. The second-order valence-electron chi connectivity index (χ2n) is 17.9. The van der Waals surface area contributed by atoms with Crippen LogP contribution in [0.4, 0.5) is 17.1 Å². The second-order valence-corrected chi connectivity index (χ2v) is 17.9.